The molecule has 132 valence electrons. The van der Waals surface area contributed by atoms with Crippen LogP contribution in [0.4, 0.5) is 4.39 Å². The second kappa shape index (κ2) is 6.71. The number of halogens is 1. The summed E-state index contributed by atoms with van der Waals surface area (Å²) < 4.78 is 18.5. The summed E-state index contributed by atoms with van der Waals surface area (Å²) >= 11 is 0. The lowest BCUT2D eigenvalue weighted by Gasteiger charge is -2.15. The maximum atomic E-state index is 13.1. The van der Waals surface area contributed by atoms with E-state index in [-0.39, 0.29) is 23.6 Å². The quantitative estimate of drug-likeness (QED) is 0.721. The van der Waals surface area contributed by atoms with Gasteiger partial charge in [-0.05, 0) is 30.2 Å². The highest BCUT2D eigenvalue weighted by atomic mass is 19.1. The van der Waals surface area contributed by atoms with E-state index < -0.39 is 0 Å². The van der Waals surface area contributed by atoms with Gasteiger partial charge < -0.3 is 9.42 Å². The third-order valence-electron chi connectivity index (χ3n) is 4.78. The van der Waals surface area contributed by atoms with Crippen molar-refractivity contribution in [3.05, 3.63) is 71.9 Å². The van der Waals surface area contributed by atoms with Crippen molar-refractivity contribution >= 4 is 5.91 Å². The van der Waals surface area contributed by atoms with Gasteiger partial charge in [-0.25, -0.2) is 4.39 Å². The number of hydrogen-bond donors (Lipinski definition) is 0. The molecule has 6 heteroatoms. The van der Waals surface area contributed by atoms with Crippen molar-refractivity contribution in [1.29, 1.82) is 0 Å². The molecular formula is C20H18FN3O2. The number of nitrogens with zero attached hydrogens (tertiary/aromatic N) is 3. The number of carbonyl (C=O) groups excluding carboxylic acids is 1. The van der Waals surface area contributed by atoms with Gasteiger partial charge >= 0.3 is 0 Å². The van der Waals surface area contributed by atoms with E-state index in [4.69, 9.17) is 4.52 Å². The molecule has 0 radical (unpaired) electrons. The number of carbonyl (C=O) groups is 1. The molecule has 1 aliphatic rings. The summed E-state index contributed by atoms with van der Waals surface area (Å²) in [5, 5.41) is 4.07. The Bertz CT molecular complexity index is 908. The molecule has 2 heterocycles. The van der Waals surface area contributed by atoms with E-state index in [2.05, 4.69) is 17.1 Å². The van der Waals surface area contributed by atoms with Crippen LogP contribution in [0.5, 0.6) is 0 Å². The minimum Gasteiger partial charge on any atom is -0.339 e. The highest BCUT2D eigenvalue weighted by molar-refractivity contribution is 5.94. The van der Waals surface area contributed by atoms with Crippen molar-refractivity contribution in [1.82, 2.24) is 15.0 Å². The molecule has 1 aromatic heterocycles. The second-order valence-corrected chi connectivity index (χ2v) is 6.62. The first-order chi connectivity index (χ1) is 12.6. The van der Waals surface area contributed by atoms with Crippen LogP contribution < -0.4 is 0 Å². The van der Waals surface area contributed by atoms with Crippen molar-refractivity contribution in [2.24, 2.45) is 5.92 Å². The molecule has 0 N–H and O–H groups in total. The largest absolute Gasteiger partial charge is 0.339 e. The monoisotopic (exact) mass is 351 g/mol. The van der Waals surface area contributed by atoms with E-state index in [0.717, 1.165) is 5.56 Å². The lowest BCUT2D eigenvalue weighted by Crippen LogP contribution is -2.28. The summed E-state index contributed by atoms with van der Waals surface area (Å²) in [5.74, 6) is 0.824. The van der Waals surface area contributed by atoms with Crippen LogP contribution in [0.25, 0.3) is 11.4 Å². The number of amides is 1. The molecule has 5 nitrogen and oxygen atoms in total. The van der Waals surface area contributed by atoms with Gasteiger partial charge in [0, 0.05) is 24.2 Å². The van der Waals surface area contributed by atoms with Crippen LogP contribution >= 0.6 is 0 Å². The zero-order valence-corrected chi connectivity index (χ0v) is 14.3. The third-order valence-corrected chi connectivity index (χ3v) is 4.78. The predicted molar refractivity (Wildman–Crippen MR) is 93.9 cm³/mol. The topological polar surface area (TPSA) is 59.2 Å². The fourth-order valence-corrected chi connectivity index (χ4v) is 3.32. The molecule has 2 atom stereocenters. The summed E-state index contributed by atoms with van der Waals surface area (Å²) in [5.41, 5.74) is 1.38. The lowest BCUT2D eigenvalue weighted by molar-refractivity contribution is 0.0786. The molecule has 2 aromatic carbocycles. The zero-order chi connectivity index (χ0) is 18.1. The van der Waals surface area contributed by atoms with Gasteiger partial charge in [-0.3, -0.25) is 4.79 Å². The van der Waals surface area contributed by atoms with E-state index in [1.165, 1.54) is 24.3 Å². The second-order valence-electron chi connectivity index (χ2n) is 6.62. The van der Waals surface area contributed by atoms with Gasteiger partial charge in [-0.15, -0.1) is 0 Å². The Morgan fingerprint density at radius 1 is 1.12 bits per heavy atom. The average Bonchev–Trinajstić information content (AvgIpc) is 3.29. The van der Waals surface area contributed by atoms with E-state index in [1.807, 2.05) is 30.3 Å². The third kappa shape index (κ3) is 3.10. The van der Waals surface area contributed by atoms with Crippen LogP contribution in [0.2, 0.25) is 0 Å². The van der Waals surface area contributed by atoms with Gasteiger partial charge in [0.2, 0.25) is 11.7 Å². The number of aromatic nitrogens is 2. The molecule has 4 rings (SSSR count). The normalized spacial score (nSPS) is 19.7. The maximum absolute atomic E-state index is 13.1. The van der Waals surface area contributed by atoms with Crippen molar-refractivity contribution in [2.75, 3.05) is 13.1 Å². The molecule has 3 aromatic rings. The number of benzene rings is 2. The van der Waals surface area contributed by atoms with Gasteiger partial charge in [0.25, 0.3) is 5.91 Å². The molecule has 0 saturated carbocycles. The number of likely N-dealkylation sites (tertiary alicyclic amines) is 1. The number of hydrogen-bond acceptors (Lipinski definition) is 4. The Labute approximate surface area is 150 Å². The molecule has 26 heavy (non-hydrogen) atoms. The molecule has 2 unspecified atom stereocenters. The first-order valence-electron chi connectivity index (χ1n) is 8.55. The Morgan fingerprint density at radius 3 is 2.58 bits per heavy atom. The van der Waals surface area contributed by atoms with Crippen molar-refractivity contribution in [2.45, 2.75) is 12.8 Å². The van der Waals surface area contributed by atoms with Crippen LogP contribution in [-0.4, -0.2) is 34.0 Å². The van der Waals surface area contributed by atoms with Crippen LogP contribution in [0, 0.1) is 11.7 Å². The molecule has 1 amide bonds. The Kier molecular flexibility index (Phi) is 4.24. The molecule has 0 spiro atoms. The summed E-state index contributed by atoms with van der Waals surface area (Å²) in [7, 11) is 0. The molecular weight excluding hydrogens is 333 g/mol. The van der Waals surface area contributed by atoms with Crippen molar-refractivity contribution < 1.29 is 13.7 Å². The zero-order valence-electron chi connectivity index (χ0n) is 14.3. The minimum absolute atomic E-state index is 0.00985. The summed E-state index contributed by atoms with van der Waals surface area (Å²) in [4.78, 5) is 18.9. The Balaban J connectivity index is 1.51. The highest BCUT2D eigenvalue weighted by Crippen LogP contribution is 2.33. The van der Waals surface area contributed by atoms with Crippen LogP contribution in [0.3, 0.4) is 0 Å². The minimum atomic E-state index is -0.353. The first kappa shape index (κ1) is 16.4. The van der Waals surface area contributed by atoms with Gasteiger partial charge in [0.1, 0.15) is 5.82 Å². The summed E-state index contributed by atoms with van der Waals surface area (Å²) in [6.45, 7) is 3.17. The van der Waals surface area contributed by atoms with Gasteiger partial charge in [-0.1, -0.05) is 42.4 Å². The van der Waals surface area contributed by atoms with Crippen molar-refractivity contribution in [3.8, 4) is 11.4 Å². The molecule has 0 bridgehead atoms. The van der Waals surface area contributed by atoms with Gasteiger partial charge in [-0.2, -0.15) is 4.98 Å². The standard InChI is InChI=1S/C20H18FN3O2/c1-13-11-24(20(25)15-7-9-16(21)10-8-15)12-17(13)19-22-18(23-26-19)14-5-3-2-4-6-14/h2-10,13,17H,11-12H2,1H3. The first-order valence-corrected chi connectivity index (χ1v) is 8.55. The van der Waals surface area contributed by atoms with Crippen LogP contribution in [0.1, 0.15) is 29.1 Å². The molecule has 1 saturated heterocycles. The fourth-order valence-electron chi connectivity index (χ4n) is 3.32. The van der Waals surface area contributed by atoms with E-state index in [9.17, 15) is 9.18 Å². The fraction of sp³-hybridized carbons (Fsp3) is 0.250. The van der Waals surface area contributed by atoms with Crippen molar-refractivity contribution in [3.63, 3.8) is 0 Å². The van der Waals surface area contributed by atoms with Gasteiger partial charge in [0.05, 0.1) is 5.92 Å². The van der Waals surface area contributed by atoms with E-state index >= 15 is 0 Å². The van der Waals surface area contributed by atoms with Gasteiger partial charge in [0.15, 0.2) is 0 Å². The maximum Gasteiger partial charge on any atom is 0.253 e. The SMILES string of the molecule is CC1CN(C(=O)c2ccc(F)cc2)CC1c1nc(-c2ccccc2)no1. The molecule has 1 fully saturated rings. The molecule has 1 aliphatic heterocycles. The summed E-state index contributed by atoms with van der Waals surface area (Å²) in [6, 6.07) is 15.3. The Hall–Kier alpha value is -3.02. The predicted octanol–water partition coefficient (Wildman–Crippen LogP) is 3.75. The lowest BCUT2D eigenvalue weighted by atomic mass is 9.98. The van der Waals surface area contributed by atoms with Crippen LogP contribution in [-0.2, 0) is 0 Å². The van der Waals surface area contributed by atoms with Crippen LogP contribution in [0.15, 0.2) is 59.1 Å². The highest BCUT2D eigenvalue weighted by Gasteiger charge is 2.37. The Morgan fingerprint density at radius 2 is 1.85 bits per heavy atom. The molecule has 0 aliphatic carbocycles. The summed E-state index contributed by atoms with van der Waals surface area (Å²) in [6.07, 6.45) is 0. The van der Waals surface area contributed by atoms with E-state index in [0.29, 0.717) is 30.4 Å². The van der Waals surface area contributed by atoms with E-state index in [1.54, 1.807) is 4.90 Å². The smallest absolute Gasteiger partial charge is 0.253 e. The average molecular weight is 351 g/mol. The number of rotatable bonds is 3.